The summed E-state index contributed by atoms with van der Waals surface area (Å²) in [5, 5.41) is 3.57. The predicted molar refractivity (Wildman–Crippen MR) is 101 cm³/mol. The molecule has 1 aromatic carbocycles. The van der Waals surface area contributed by atoms with Crippen LogP contribution in [0.1, 0.15) is 42.3 Å². The standard InChI is InChI=1S/C19H25N3OS/c1-5-6-7-16-8-10-17(11-9-16)22-18(23)12-24-19-20-14(3)13(2)15(4)21-19/h8-11H,5-7,12H2,1-4H3,(H,22,23). The van der Waals surface area contributed by atoms with E-state index in [0.717, 1.165) is 29.1 Å². The first-order valence-corrected chi connectivity index (χ1v) is 9.31. The zero-order valence-corrected chi connectivity index (χ0v) is 15.7. The number of carbonyl (C=O) groups is 1. The van der Waals surface area contributed by atoms with Gasteiger partial charge in [-0.15, -0.1) is 0 Å². The molecule has 4 nitrogen and oxygen atoms in total. The molecule has 1 N–H and O–H groups in total. The van der Waals surface area contributed by atoms with E-state index in [1.807, 2.05) is 32.9 Å². The first-order valence-electron chi connectivity index (χ1n) is 8.33. The Morgan fingerprint density at radius 3 is 2.29 bits per heavy atom. The summed E-state index contributed by atoms with van der Waals surface area (Å²) in [6.45, 7) is 8.13. The van der Waals surface area contributed by atoms with Crippen LogP contribution >= 0.6 is 11.8 Å². The van der Waals surface area contributed by atoms with Gasteiger partial charge in [-0.25, -0.2) is 9.97 Å². The van der Waals surface area contributed by atoms with Crippen molar-refractivity contribution in [3.8, 4) is 0 Å². The number of nitrogens with one attached hydrogen (secondary N) is 1. The zero-order valence-electron chi connectivity index (χ0n) is 14.8. The quantitative estimate of drug-likeness (QED) is 0.595. The highest BCUT2D eigenvalue weighted by Crippen LogP contribution is 2.18. The number of thioether (sulfide) groups is 1. The lowest BCUT2D eigenvalue weighted by Gasteiger charge is -2.08. The normalized spacial score (nSPS) is 10.7. The summed E-state index contributed by atoms with van der Waals surface area (Å²) in [4.78, 5) is 20.9. The average molecular weight is 343 g/mol. The minimum absolute atomic E-state index is 0.0409. The zero-order chi connectivity index (χ0) is 17.5. The summed E-state index contributed by atoms with van der Waals surface area (Å²) in [5.41, 5.74) is 5.18. The summed E-state index contributed by atoms with van der Waals surface area (Å²) in [7, 11) is 0. The number of rotatable bonds is 7. The Balaban J connectivity index is 1.87. The van der Waals surface area contributed by atoms with Crippen LogP contribution in [-0.4, -0.2) is 21.6 Å². The van der Waals surface area contributed by atoms with Crippen molar-refractivity contribution in [1.82, 2.24) is 9.97 Å². The maximum absolute atomic E-state index is 12.1. The first-order chi connectivity index (χ1) is 11.5. The van der Waals surface area contributed by atoms with E-state index in [2.05, 4.69) is 34.3 Å². The van der Waals surface area contributed by atoms with Crippen LogP contribution in [0, 0.1) is 20.8 Å². The maximum Gasteiger partial charge on any atom is 0.234 e. The number of hydrogen-bond acceptors (Lipinski definition) is 4. The lowest BCUT2D eigenvalue weighted by atomic mass is 10.1. The molecular weight excluding hydrogens is 318 g/mol. The van der Waals surface area contributed by atoms with Crippen molar-refractivity contribution in [1.29, 1.82) is 0 Å². The molecule has 0 saturated carbocycles. The maximum atomic E-state index is 12.1. The van der Waals surface area contributed by atoms with Crippen molar-refractivity contribution in [3.05, 3.63) is 46.8 Å². The van der Waals surface area contributed by atoms with Gasteiger partial charge in [-0.3, -0.25) is 4.79 Å². The molecule has 0 aliphatic rings. The van der Waals surface area contributed by atoms with Crippen LogP contribution < -0.4 is 5.32 Å². The number of carbonyl (C=O) groups excluding carboxylic acids is 1. The summed E-state index contributed by atoms with van der Waals surface area (Å²) < 4.78 is 0. The number of aryl methyl sites for hydroxylation is 3. The van der Waals surface area contributed by atoms with Gasteiger partial charge in [-0.1, -0.05) is 37.2 Å². The minimum Gasteiger partial charge on any atom is -0.325 e. The van der Waals surface area contributed by atoms with Gasteiger partial charge in [-0.2, -0.15) is 0 Å². The minimum atomic E-state index is -0.0409. The second kappa shape index (κ2) is 8.83. The molecule has 5 heteroatoms. The van der Waals surface area contributed by atoms with Gasteiger partial charge in [0.2, 0.25) is 5.91 Å². The third-order valence-electron chi connectivity index (χ3n) is 4.00. The molecular formula is C19H25N3OS. The smallest absolute Gasteiger partial charge is 0.234 e. The van der Waals surface area contributed by atoms with E-state index in [4.69, 9.17) is 0 Å². The molecule has 2 aromatic rings. The Bertz CT molecular complexity index is 675. The van der Waals surface area contributed by atoms with Crippen LogP contribution in [0.15, 0.2) is 29.4 Å². The monoisotopic (exact) mass is 343 g/mol. The van der Waals surface area contributed by atoms with Crippen molar-refractivity contribution in [2.45, 2.75) is 52.1 Å². The largest absolute Gasteiger partial charge is 0.325 e. The lowest BCUT2D eigenvalue weighted by Crippen LogP contribution is -2.14. The molecule has 0 aliphatic heterocycles. The van der Waals surface area contributed by atoms with Gasteiger partial charge in [0.25, 0.3) is 0 Å². The topological polar surface area (TPSA) is 54.9 Å². The highest BCUT2D eigenvalue weighted by atomic mass is 32.2. The second-order valence-electron chi connectivity index (χ2n) is 5.94. The van der Waals surface area contributed by atoms with Crippen LogP contribution in [0.25, 0.3) is 0 Å². The van der Waals surface area contributed by atoms with Gasteiger partial charge >= 0.3 is 0 Å². The van der Waals surface area contributed by atoms with Crippen molar-refractivity contribution >= 4 is 23.4 Å². The fraction of sp³-hybridized carbons (Fsp3) is 0.421. The van der Waals surface area contributed by atoms with Crippen LogP contribution in [0.5, 0.6) is 0 Å². The number of hydrogen-bond donors (Lipinski definition) is 1. The highest BCUT2D eigenvalue weighted by Gasteiger charge is 2.08. The summed E-state index contributed by atoms with van der Waals surface area (Å²) >= 11 is 1.36. The second-order valence-corrected chi connectivity index (χ2v) is 6.88. The number of unbranched alkanes of at least 4 members (excludes halogenated alkanes) is 1. The van der Waals surface area contributed by atoms with Gasteiger partial charge in [0.05, 0.1) is 5.75 Å². The Morgan fingerprint density at radius 1 is 1.08 bits per heavy atom. The molecule has 0 unspecified atom stereocenters. The van der Waals surface area contributed by atoms with E-state index < -0.39 is 0 Å². The molecule has 0 bridgehead atoms. The molecule has 128 valence electrons. The first kappa shape index (κ1) is 18.5. The van der Waals surface area contributed by atoms with E-state index in [1.54, 1.807) is 0 Å². The number of aromatic nitrogens is 2. The van der Waals surface area contributed by atoms with E-state index in [1.165, 1.54) is 30.2 Å². The van der Waals surface area contributed by atoms with Crippen molar-refractivity contribution in [3.63, 3.8) is 0 Å². The van der Waals surface area contributed by atoms with Crippen LogP contribution in [-0.2, 0) is 11.2 Å². The van der Waals surface area contributed by atoms with Gasteiger partial charge in [0, 0.05) is 17.1 Å². The van der Waals surface area contributed by atoms with Crippen molar-refractivity contribution in [2.24, 2.45) is 0 Å². The molecule has 0 atom stereocenters. The number of nitrogens with zero attached hydrogens (tertiary/aromatic N) is 2. The summed E-state index contributed by atoms with van der Waals surface area (Å²) in [6.07, 6.45) is 3.47. The Hall–Kier alpha value is -1.88. The molecule has 2 rings (SSSR count). The number of amides is 1. The van der Waals surface area contributed by atoms with Crippen LogP contribution in [0.4, 0.5) is 5.69 Å². The van der Waals surface area contributed by atoms with Gasteiger partial charge in [-0.05, 0) is 56.9 Å². The molecule has 24 heavy (non-hydrogen) atoms. The van der Waals surface area contributed by atoms with Gasteiger partial charge < -0.3 is 5.32 Å². The Morgan fingerprint density at radius 2 is 1.71 bits per heavy atom. The third-order valence-corrected chi connectivity index (χ3v) is 4.85. The number of benzene rings is 1. The Labute approximate surface area is 148 Å². The molecule has 1 amide bonds. The summed E-state index contributed by atoms with van der Waals surface area (Å²) in [5.74, 6) is 0.264. The predicted octanol–water partition coefficient (Wildman–Crippen LogP) is 4.48. The Kier molecular flexibility index (Phi) is 6.79. The van der Waals surface area contributed by atoms with Crippen LogP contribution in [0.3, 0.4) is 0 Å². The third kappa shape index (κ3) is 5.34. The SMILES string of the molecule is CCCCc1ccc(NC(=O)CSc2nc(C)c(C)c(C)n2)cc1. The molecule has 1 heterocycles. The molecule has 0 saturated heterocycles. The van der Waals surface area contributed by atoms with E-state index in [-0.39, 0.29) is 5.91 Å². The van der Waals surface area contributed by atoms with Crippen LogP contribution in [0.2, 0.25) is 0 Å². The molecule has 0 aliphatic carbocycles. The molecule has 0 spiro atoms. The van der Waals surface area contributed by atoms with E-state index in [9.17, 15) is 4.79 Å². The lowest BCUT2D eigenvalue weighted by molar-refractivity contribution is -0.113. The molecule has 1 aromatic heterocycles. The molecule has 0 fully saturated rings. The van der Waals surface area contributed by atoms with Gasteiger partial charge in [0.1, 0.15) is 0 Å². The van der Waals surface area contributed by atoms with Crippen molar-refractivity contribution in [2.75, 3.05) is 11.1 Å². The van der Waals surface area contributed by atoms with Gasteiger partial charge in [0.15, 0.2) is 5.16 Å². The highest BCUT2D eigenvalue weighted by molar-refractivity contribution is 7.99. The summed E-state index contributed by atoms with van der Waals surface area (Å²) in [6, 6.07) is 8.08. The van der Waals surface area contributed by atoms with Crippen molar-refractivity contribution < 1.29 is 4.79 Å². The fourth-order valence-corrected chi connectivity index (χ4v) is 3.00. The molecule has 0 radical (unpaired) electrons. The van der Waals surface area contributed by atoms with E-state index in [0.29, 0.717) is 10.9 Å². The fourth-order valence-electron chi connectivity index (χ4n) is 2.27. The van der Waals surface area contributed by atoms with E-state index >= 15 is 0 Å². The average Bonchev–Trinajstić information content (AvgIpc) is 2.57. The number of anilines is 1.